The summed E-state index contributed by atoms with van der Waals surface area (Å²) in [6.07, 6.45) is 0. The van der Waals surface area contributed by atoms with Crippen molar-refractivity contribution in [3.63, 3.8) is 0 Å². The summed E-state index contributed by atoms with van der Waals surface area (Å²) in [5, 5.41) is 13.4. The molecule has 0 spiro atoms. The Bertz CT molecular complexity index is 547. The summed E-state index contributed by atoms with van der Waals surface area (Å²) in [6, 6.07) is 2.93. The number of rotatable bonds is 6. The number of benzene rings is 1. The van der Waals surface area contributed by atoms with Crippen molar-refractivity contribution in [2.75, 3.05) is 20.1 Å². The third-order valence-electron chi connectivity index (χ3n) is 2.09. The third-order valence-corrected chi connectivity index (χ3v) is 3.58. The Balaban J connectivity index is 3.16. The van der Waals surface area contributed by atoms with Gasteiger partial charge in [-0.05, 0) is 19.2 Å². The lowest BCUT2D eigenvalue weighted by molar-refractivity contribution is -0.390. The third kappa shape index (κ3) is 3.22. The van der Waals surface area contributed by atoms with Gasteiger partial charge in [0.25, 0.3) is 0 Å². The first-order valence-electron chi connectivity index (χ1n) is 4.97. The number of halogens is 1. The van der Waals surface area contributed by atoms with E-state index in [1.54, 1.807) is 7.05 Å². The summed E-state index contributed by atoms with van der Waals surface area (Å²) in [4.78, 5) is 8.95. The van der Waals surface area contributed by atoms with Crippen LogP contribution in [0, 0.1) is 15.9 Å². The molecule has 0 bridgehead atoms. The first-order chi connectivity index (χ1) is 8.40. The first-order valence-corrected chi connectivity index (χ1v) is 6.45. The molecule has 0 radical (unpaired) electrons. The molecule has 9 heteroatoms. The van der Waals surface area contributed by atoms with Crippen molar-refractivity contribution in [1.82, 2.24) is 10.0 Å². The van der Waals surface area contributed by atoms with E-state index in [9.17, 15) is 22.9 Å². The summed E-state index contributed by atoms with van der Waals surface area (Å²) in [7, 11) is -2.48. The molecule has 0 heterocycles. The second-order valence-electron chi connectivity index (χ2n) is 3.35. The zero-order valence-corrected chi connectivity index (χ0v) is 10.3. The summed E-state index contributed by atoms with van der Waals surface area (Å²) in [6.45, 7) is 0.398. The number of nitrogens with zero attached hydrogens (tertiary/aromatic N) is 1. The highest BCUT2D eigenvalue weighted by atomic mass is 32.2. The zero-order valence-electron chi connectivity index (χ0n) is 9.51. The molecule has 0 saturated heterocycles. The molecular formula is C9H12FN3O4S. The van der Waals surface area contributed by atoms with Crippen LogP contribution < -0.4 is 10.0 Å². The van der Waals surface area contributed by atoms with Crippen molar-refractivity contribution in [3.8, 4) is 0 Å². The van der Waals surface area contributed by atoms with E-state index in [0.29, 0.717) is 6.54 Å². The van der Waals surface area contributed by atoms with Gasteiger partial charge in [0, 0.05) is 13.1 Å². The molecule has 0 aromatic heterocycles. The van der Waals surface area contributed by atoms with E-state index < -0.39 is 31.3 Å². The average Bonchev–Trinajstić information content (AvgIpc) is 2.28. The fourth-order valence-corrected chi connectivity index (χ4v) is 2.49. The maximum absolute atomic E-state index is 13.3. The van der Waals surface area contributed by atoms with Crippen LogP contribution in [0.5, 0.6) is 0 Å². The molecular weight excluding hydrogens is 265 g/mol. The lowest BCUT2D eigenvalue weighted by Gasteiger charge is -2.07. The quantitative estimate of drug-likeness (QED) is 0.440. The summed E-state index contributed by atoms with van der Waals surface area (Å²) >= 11 is 0. The van der Waals surface area contributed by atoms with Crippen LogP contribution in [0.2, 0.25) is 0 Å². The Morgan fingerprint density at radius 2 is 2.06 bits per heavy atom. The highest BCUT2D eigenvalue weighted by Crippen LogP contribution is 2.26. The van der Waals surface area contributed by atoms with Crippen LogP contribution in [0.4, 0.5) is 10.1 Å². The van der Waals surface area contributed by atoms with E-state index in [2.05, 4.69) is 10.0 Å². The molecule has 0 unspecified atom stereocenters. The molecule has 0 saturated carbocycles. The second-order valence-corrected chi connectivity index (χ2v) is 5.08. The molecule has 1 rings (SSSR count). The Labute approximate surface area is 103 Å². The summed E-state index contributed by atoms with van der Waals surface area (Å²) in [5.41, 5.74) is -1.05. The smallest absolute Gasteiger partial charge is 0.318 e. The number of nitro benzene ring substituents is 1. The van der Waals surface area contributed by atoms with Gasteiger partial charge in [-0.3, -0.25) is 10.1 Å². The van der Waals surface area contributed by atoms with E-state index in [0.717, 1.165) is 18.2 Å². The average molecular weight is 277 g/mol. The number of nitrogens with one attached hydrogen (secondary N) is 2. The number of hydrogen-bond donors (Lipinski definition) is 2. The van der Waals surface area contributed by atoms with Gasteiger partial charge in [-0.2, -0.15) is 4.39 Å². The van der Waals surface area contributed by atoms with Gasteiger partial charge in [-0.15, -0.1) is 0 Å². The molecule has 0 aliphatic heterocycles. The number of hydrogen-bond acceptors (Lipinski definition) is 5. The van der Waals surface area contributed by atoms with Crippen molar-refractivity contribution in [2.45, 2.75) is 4.90 Å². The molecule has 0 amide bonds. The standard InChI is InChI=1S/C9H12FN3O4S/c1-11-5-6-12-18(16,17)8-4-2-3-7(10)9(8)13(14)15/h2-4,11-12H,5-6H2,1H3. The van der Waals surface area contributed by atoms with E-state index in [1.165, 1.54) is 0 Å². The topological polar surface area (TPSA) is 101 Å². The molecule has 7 nitrogen and oxygen atoms in total. The molecule has 0 fully saturated rings. The van der Waals surface area contributed by atoms with Crippen molar-refractivity contribution in [3.05, 3.63) is 34.1 Å². The molecule has 18 heavy (non-hydrogen) atoms. The Kier molecular flexibility index (Phi) is 4.70. The SMILES string of the molecule is CNCCNS(=O)(=O)c1cccc(F)c1[N+](=O)[O-]. The van der Waals surface area contributed by atoms with Crippen molar-refractivity contribution < 1.29 is 17.7 Å². The van der Waals surface area contributed by atoms with Crippen LogP contribution >= 0.6 is 0 Å². The minimum atomic E-state index is -4.10. The van der Waals surface area contributed by atoms with Gasteiger partial charge in [0.2, 0.25) is 15.8 Å². The van der Waals surface area contributed by atoms with Crippen LogP contribution in [0.15, 0.2) is 23.1 Å². The lowest BCUT2D eigenvalue weighted by Crippen LogP contribution is -2.31. The van der Waals surface area contributed by atoms with Crippen molar-refractivity contribution >= 4 is 15.7 Å². The van der Waals surface area contributed by atoms with Crippen LogP contribution in [-0.2, 0) is 10.0 Å². The van der Waals surface area contributed by atoms with E-state index in [1.807, 2.05) is 0 Å². The molecule has 100 valence electrons. The van der Waals surface area contributed by atoms with Crippen LogP contribution in [-0.4, -0.2) is 33.5 Å². The maximum atomic E-state index is 13.3. The molecule has 1 aromatic rings. The summed E-state index contributed by atoms with van der Waals surface area (Å²) < 4.78 is 39.0. The highest BCUT2D eigenvalue weighted by molar-refractivity contribution is 7.89. The van der Waals surface area contributed by atoms with Gasteiger partial charge in [-0.25, -0.2) is 13.1 Å². The summed E-state index contributed by atoms with van der Waals surface area (Å²) in [5.74, 6) is -1.18. The minimum Gasteiger partial charge on any atom is -0.318 e. The number of likely N-dealkylation sites (N-methyl/N-ethyl adjacent to an activating group) is 1. The number of sulfonamides is 1. The van der Waals surface area contributed by atoms with Gasteiger partial charge >= 0.3 is 5.69 Å². The molecule has 0 atom stereocenters. The van der Waals surface area contributed by atoms with Crippen LogP contribution in [0.25, 0.3) is 0 Å². The Morgan fingerprint density at radius 3 is 2.61 bits per heavy atom. The zero-order chi connectivity index (χ0) is 13.8. The Morgan fingerprint density at radius 1 is 1.39 bits per heavy atom. The molecule has 1 aromatic carbocycles. The Hall–Kier alpha value is -1.58. The van der Waals surface area contributed by atoms with Crippen LogP contribution in [0.1, 0.15) is 0 Å². The predicted molar refractivity (Wildman–Crippen MR) is 62.2 cm³/mol. The van der Waals surface area contributed by atoms with Gasteiger partial charge in [0.05, 0.1) is 4.92 Å². The van der Waals surface area contributed by atoms with Gasteiger partial charge in [0.15, 0.2) is 4.90 Å². The van der Waals surface area contributed by atoms with Gasteiger partial charge in [-0.1, -0.05) is 6.07 Å². The minimum absolute atomic E-state index is 0.0481. The first kappa shape index (κ1) is 14.5. The monoisotopic (exact) mass is 277 g/mol. The normalized spacial score (nSPS) is 11.4. The second kappa shape index (κ2) is 5.85. The van der Waals surface area contributed by atoms with E-state index in [4.69, 9.17) is 0 Å². The van der Waals surface area contributed by atoms with Crippen molar-refractivity contribution in [2.24, 2.45) is 0 Å². The molecule has 0 aliphatic carbocycles. The number of para-hydroxylation sites is 1. The van der Waals surface area contributed by atoms with E-state index in [-0.39, 0.29) is 6.54 Å². The van der Waals surface area contributed by atoms with Gasteiger partial charge < -0.3 is 5.32 Å². The highest BCUT2D eigenvalue weighted by Gasteiger charge is 2.28. The predicted octanol–water partition coefficient (Wildman–Crippen LogP) is 0.232. The number of nitro groups is 1. The van der Waals surface area contributed by atoms with Gasteiger partial charge in [0.1, 0.15) is 0 Å². The fourth-order valence-electron chi connectivity index (χ4n) is 1.28. The maximum Gasteiger partial charge on any atom is 0.324 e. The van der Waals surface area contributed by atoms with Crippen molar-refractivity contribution in [1.29, 1.82) is 0 Å². The lowest BCUT2D eigenvalue weighted by atomic mass is 10.3. The fraction of sp³-hybridized carbons (Fsp3) is 0.333. The largest absolute Gasteiger partial charge is 0.324 e. The van der Waals surface area contributed by atoms with Crippen LogP contribution in [0.3, 0.4) is 0 Å². The molecule has 0 aliphatic rings. The molecule has 2 N–H and O–H groups in total. The van der Waals surface area contributed by atoms with E-state index >= 15 is 0 Å².